The maximum absolute atomic E-state index is 12.6. The number of aromatic nitrogens is 3. The van der Waals surface area contributed by atoms with Crippen molar-refractivity contribution in [3.8, 4) is 11.1 Å². The molecule has 0 fully saturated rings. The Hall–Kier alpha value is -3.95. The molecule has 1 atom stereocenters. The zero-order valence-corrected chi connectivity index (χ0v) is 21.9. The van der Waals surface area contributed by atoms with Gasteiger partial charge in [0.1, 0.15) is 11.3 Å². The van der Waals surface area contributed by atoms with Crippen LogP contribution in [0, 0.1) is 6.92 Å². The highest BCUT2D eigenvalue weighted by Crippen LogP contribution is 2.32. The van der Waals surface area contributed by atoms with Crippen LogP contribution >= 0.6 is 0 Å². The van der Waals surface area contributed by atoms with Crippen LogP contribution in [-0.2, 0) is 20.7 Å². The number of carbonyl (C=O) groups is 3. The lowest BCUT2D eigenvalue weighted by Crippen LogP contribution is -2.39. The molecule has 0 saturated heterocycles. The fraction of sp³-hybridized carbons (Fsp3) is 0.444. The number of amides is 2. The molecule has 196 valence electrons. The number of alkyl carbamates (subject to hydrolysis) is 1. The zero-order valence-electron chi connectivity index (χ0n) is 21.9. The topological polar surface area (TPSA) is 124 Å². The van der Waals surface area contributed by atoms with Gasteiger partial charge in [-0.3, -0.25) is 9.59 Å². The summed E-state index contributed by atoms with van der Waals surface area (Å²) in [7, 11) is 0. The summed E-state index contributed by atoms with van der Waals surface area (Å²) >= 11 is 0. The molecule has 37 heavy (non-hydrogen) atoms. The second-order valence-corrected chi connectivity index (χ2v) is 10.0. The molecule has 0 spiro atoms. The molecule has 4 rings (SSSR count). The normalized spacial score (nSPS) is 15.2. The van der Waals surface area contributed by atoms with E-state index >= 15 is 0 Å². The fourth-order valence-electron chi connectivity index (χ4n) is 4.36. The predicted octanol–water partition coefficient (Wildman–Crippen LogP) is 3.71. The number of para-hydroxylation sites is 1. The predicted molar refractivity (Wildman–Crippen MR) is 138 cm³/mol. The van der Waals surface area contributed by atoms with Crippen LogP contribution in [-0.4, -0.2) is 57.8 Å². The number of hydrogen-bond donors (Lipinski definition) is 2. The van der Waals surface area contributed by atoms with E-state index in [4.69, 9.17) is 19.4 Å². The summed E-state index contributed by atoms with van der Waals surface area (Å²) in [5.74, 6) is -0.497. The van der Waals surface area contributed by atoms with E-state index in [0.29, 0.717) is 37.3 Å². The maximum Gasteiger partial charge on any atom is 0.407 e. The van der Waals surface area contributed by atoms with Crippen molar-refractivity contribution in [2.45, 2.75) is 59.1 Å². The van der Waals surface area contributed by atoms with Gasteiger partial charge in [-0.15, -0.1) is 0 Å². The standard InChI is InChI=1S/C27H33N5O5/c1-6-36-23(33)13-18-14-29-25(34)22-12-17(15-32(18)22)19-8-7-9-21-24(19)31-20(16(2)30-21)10-11-28-26(35)37-27(3,4)5/h7-9,12,15,18H,6,10-11,13-14H2,1-5H3,(H,28,35)(H,29,34). The van der Waals surface area contributed by atoms with E-state index < -0.39 is 11.7 Å². The minimum absolute atomic E-state index is 0.165. The lowest BCUT2D eigenvalue weighted by molar-refractivity contribution is -0.144. The number of nitrogens with one attached hydrogen (secondary N) is 2. The first kappa shape index (κ1) is 26.1. The summed E-state index contributed by atoms with van der Waals surface area (Å²) in [6.07, 6.45) is 2.06. The van der Waals surface area contributed by atoms with Gasteiger partial charge < -0.3 is 24.7 Å². The largest absolute Gasteiger partial charge is 0.466 e. The summed E-state index contributed by atoms with van der Waals surface area (Å²) in [4.78, 5) is 46.4. The lowest BCUT2D eigenvalue weighted by atomic mass is 10.1. The van der Waals surface area contributed by atoms with Crippen molar-refractivity contribution in [3.63, 3.8) is 0 Å². The Morgan fingerprint density at radius 1 is 1.24 bits per heavy atom. The summed E-state index contributed by atoms with van der Waals surface area (Å²) in [5.41, 5.74) is 4.52. The third-order valence-corrected chi connectivity index (χ3v) is 5.99. The number of nitrogens with zero attached hydrogens (tertiary/aromatic N) is 3. The van der Waals surface area contributed by atoms with Gasteiger partial charge in [0.25, 0.3) is 5.91 Å². The van der Waals surface area contributed by atoms with Crippen molar-refractivity contribution in [1.82, 2.24) is 25.2 Å². The van der Waals surface area contributed by atoms with Gasteiger partial charge in [-0.05, 0) is 46.8 Å². The molecule has 3 aromatic rings. The smallest absolute Gasteiger partial charge is 0.407 e. The number of rotatable bonds is 7. The highest BCUT2D eigenvalue weighted by molar-refractivity contribution is 5.98. The molecule has 0 radical (unpaired) electrons. The van der Waals surface area contributed by atoms with Crippen LogP contribution in [0.15, 0.2) is 30.5 Å². The molecule has 0 bridgehead atoms. The van der Waals surface area contributed by atoms with Gasteiger partial charge in [0.05, 0.1) is 41.5 Å². The molecule has 10 nitrogen and oxygen atoms in total. The molecule has 2 aromatic heterocycles. The number of carbonyl (C=O) groups excluding carboxylic acids is 3. The monoisotopic (exact) mass is 507 g/mol. The van der Waals surface area contributed by atoms with Crippen molar-refractivity contribution in [1.29, 1.82) is 0 Å². The Morgan fingerprint density at radius 3 is 2.76 bits per heavy atom. The molecule has 0 saturated carbocycles. The molecule has 0 aliphatic carbocycles. The highest BCUT2D eigenvalue weighted by Gasteiger charge is 2.28. The van der Waals surface area contributed by atoms with Gasteiger partial charge in [0.2, 0.25) is 0 Å². The Bertz CT molecular complexity index is 1340. The number of aryl methyl sites for hydroxylation is 1. The molecule has 2 N–H and O–H groups in total. The van der Waals surface area contributed by atoms with E-state index in [2.05, 4.69) is 10.6 Å². The van der Waals surface area contributed by atoms with Crippen LogP contribution in [0.4, 0.5) is 4.79 Å². The average Bonchev–Trinajstić information content (AvgIpc) is 3.26. The third-order valence-electron chi connectivity index (χ3n) is 5.99. The molecule has 1 unspecified atom stereocenters. The van der Waals surface area contributed by atoms with Gasteiger partial charge in [-0.2, -0.15) is 0 Å². The van der Waals surface area contributed by atoms with Gasteiger partial charge in [0.15, 0.2) is 0 Å². The number of hydrogen-bond acceptors (Lipinski definition) is 7. The summed E-state index contributed by atoms with van der Waals surface area (Å²) in [5, 5.41) is 5.62. The van der Waals surface area contributed by atoms with Crippen molar-refractivity contribution in [3.05, 3.63) is 47.5 Å². The van der Waals surface area contributed by atoms with Crippen molar-refractivity contribution < 1.29 is 23.9 Å². The molecule has 3 heterocycles. The van der Waals surface area contributed by atoms with E-state index in [1.165, 1.54) is 0 Å². The van der Waals surface area contributed by atoms with Crippen molar-refractivity contribution >= 4 is 29.0 Å². The summed E-state index contributed by atoms with van der Waals surface area (Å²) in [6, 6.07) is 7.32. The Morgan fingerprint density at radius 2 is 2.03 bits per heavy atom. The Labute approximate surface area is 215 Å². The summed E-state index contributed by atoms with van der Waals surface area (Å²) in [6.45, 7) is 10.1. The average molecular weight is 508 g/mol. The minimum atomic E-state index is -0.569. The molecule has 10 heteroatoms. The molecule has 1 aromatic carbocycles. The molecular weight excluding hydrogens is 474 g/mol. The first-order valence-electron chi connectivity index (χ1n) is 12.4. The fourth-order valence-corrected chi connectivity index (χ4v) is 4.36. The number of benzene rings is 1. The molecule has 2 amide bonds. The first-order chi connectivity index (χ1) is 17.6. The second kappa shape index (κ2) is 10.6. The van der Waals surface area contributed by atoms with Crippen LogP contribution in [0.25, 0.3) is 22.2 Å². The Balaban J connectivity index is 1.62. The SMILES string of the molecule is CCOC(=O)CC1CNC(=O)c2cc(-c3cccc4nc(C)c(CCNC(=O)OC(C)(C)C)nc34)cn21. The molecule has 1 aliphatic heterocycles. The van der Waals surface area contributed by atoms with E-state index in [0.717, 1.165) is 28.0 Å². The lowest BCUT2D eigenvalue weighted by Gasteiger charge is -2.25. The summed E-state index contributed by atoms with van der Waals surface area (Å²) < 4.78 is 12.3. The number of esters is 1. The zero-order chi connectivity index (χ0) is 26.7. The quantitative estimate of drug-likeness (QED) is 0.467. The van der Waals surface area contributed by atoms with Gasteiger partial charge in [-0.25, -0.2) is 14.8 Å². The van der Waals surface area contributed by atoms with Crippen molar-refractivity contribution in [2.75, 3.05) is 19.7 Å². The number of ether oxygens (including phenoxy) is 2. The van der Waals surface area contributed by atoms with Crippen LogP contribution in [0.3, 0.4) is 0 Å². The van der Waals surface area contributed by atoms with Gasteiger partial charge in [0, 0.05) is 36.8 Å². The van der Waals surface area contributed by atoms with Gasteiger partial charge in [-0.1, -0.05) is 12.1 Å². The van der Waals surface area contributed by atoms with Crippen LogP contribution < -0.4 is 10.6 Å². The highest BCUT2D eigenvalue weighted by atomic mass is 16.6. The molecular formula is C27H33N5O5. The second-order valence-electron chi connectivity index (χ2n) is 10.0. The van der Waals surface area contributed by atoms with E-state index in [-0.39, 0.29) is 24.3 Å². The number of fused-ring (bicyclic) bond motifs is 2. The van der Waals surface area contributed by atoms with Crippen LogP contribution in [0.2, 0.25) is 0 Å². The van der Waals surface area contributed by atoms with E-state index in [9.17, 15) is 14.4 Å². The third kappa shape index (κ3) is 6.07. The molecule has 1 aliphatic rings. The van der Waals surface area contributed by atoms with Crippen LogP contribution in [0.5, 0.6) is 0 Å². The van der Waals surface area contributed by atoms with E-state index in [1.54, 1.807) is 6.92 Å². The van der Waals surface area contributed by atoms with Gasteiger partial charge >= 0.3 is 12.1 Å². The van der Waals surface area contributed by atoms with E-state index in [1.807, 2.05) is 62.7 Å². The first-order valence-corrected chi connectivity index (χ1v) is 12.4. The van der Waals surface area contributed by atoms with Crippen LogP contribution in [0.1, 0.15) is 62.0 Å². The Kier molecular flexibility index (Phi) is 7.47. The maximum atomic E-state index is 12.6. The van der Waals surface area contributed by atoms with Crippen molar-refractivity contribution in [2.24, 2.45) is 0 Å². The minimum Gasteiger partial charge on any atom is -0.466 e.